The molecule has 0 unspecified atom stereocenters. The number of fused-ring (bicyclic) bond motifs is 1. The van der Waals surface area contributed by atoms with E-state index in [0.717, 1.165) is 0 Å². The maximum absolute atomic E-state index is 12.8. The SMILES string of the molecule is COc1c(O)c(C(=O)C=Cc2cccc(O)c2)c(OC)c2cnccc12. The molecule has 132 valence electrons. The molecular formula is C20H17NO5. The average Bonchev–Trinajstić information content (AvgIpc) is 2.65. The molecule has 0 spiro atoms. The Morgan fingerprint density at radius 3 is 2.54 bits per heavy atom. The van der Waals surface area contributed by atoms with E-state index in [2.05, 4.69) is 4.98 Å². The van der Waals surface area contributed by atoms with Crippen LogP contribution in [0.5, 0.6) is 23.0 Å². The summed E-state index contributed by atoms with van der Waals surface area (Å²) in [5.41, 5.74) is 0.632. The number of aromatic nitrogens is 1. The van der Waals surface area contributed by atoms with E-state index in [1.807, 2.05) is 0 Å². The number of carbonyl (C=O) groups excluding carboxylic acids is 1. The third-order valence-electron chi connectivity index (χ3n) is 3.94. The number of ketones is 1. The zero-order valence-electron chi connectivity index (χ0n) is 14.3. The second-order valence-electron chi connectivity index (χ2n) is 5.50. The Bertz CT molecular complexity index is 1010. The Labute approximate surface area is 150 Å². The van der Waals surface area contributed by atoms with Crippen LogP contribution in [0.3, 0.4) is 0 Å². The summed E-state index contributed by atoms with van der Waals surface area (Å²) in [6, 6.07) is 8.14. The molecule has 0 saturated carbocycles. The zero-order chi connectivity index (χ0) is 18.7. The van der Waals surface area contributed by atoms with Gasteiger partial charge in [-0.2, -0.15) is 0 Å². The molecule has 6 heteroatoms. The Kier molecular flexibility index (Phi) is 4.75. The predicted octanol–water partition coefficient (Wildman–Crippen LogP) is 3.56. The molecule has 3 rings (SSSR count). The molecule has 2 aromatic carbocycles. The van der Waals surface area contributed by atoms with Crippen molar-refractivity contribution >= 4 is 22.6 Å². The summed E-state index contributed by atoms with van der Waals surface area (Å²) in [6.07, 6.45) is 5.95. The van der Waals surface area contributed by atoms with Crippen molar-refractivity contribution in [2.75, 3.05) is 14.2 Å². The summed E-state index contributed by atoms with van der Waals surface area (Å²) >= 11 is 0. The number of phenols is 2. The fraction of sp³-hybridized carbons (Fsp3) is 0.100. The van der Waals surface area contributed by atoms with Gasteiger partial charge in [-0.1, -0.05) is 18.2 Å². The molecule has 0 aliphatic heterocycles. The molecule has 0 radical (unpaired) electrons. The van der Waals surface area contributed by atoms with Crippen molar-refractivity contribution in [3.63, 3.8) is 0 Å². The second kappa shape index (κ2) is 7.14. The molecule has 1 aromatic heterocycles. The molecule has 0 fully saturated rings. The highest BCUT2D eigenvalue weighted by atomic mass is 16.5. The molecule has 0 aliphatic rings. The first-order valence-corrected chi connectivity index (χ1v) is 7.79. The maximum atomic E-state index is 12.8. The van der Waals surface area contributed by atoms with Crippen LogP contribution in [0, 0.1) is 0 Å². The van der Waals surface area contributed by atoms with E-state index in [4.69, 9.17) is 9.47 Å². The number of hydrogen-bond donors (Lipinski definition) is 2. The highest BCUT2D eigenvalue weighted by Crippen LogP contribution is 2.45. The third kappa shape index (κ3) is 3.04. The number of phenolic OH excluding ortho intramolecular Hbond substituents is 2. The normalized spacial score (nSPS) is 11.0. The molecule has 26 heavy (non-hydrogen) atoms. The Hall–Kier alpha value is -3.54. The van der Waals surface area contributed by atoms with Crippen LogP contribution < -0.4 is 9.47 Å². The van der Waals surface area contributed by atoms with Crippen LogP contribution in [-0.4, -0.2) is 35.2 Å². The van der Waals surface area contributed by atoms with Gasteiger partial charge in [0.1, 0.15) is 17.1 Å². The van der Waals surface area contributed by atoms with E-state index in [9.17, 15) is 15.0 Å². The van der Waals surface area contributed by atoms with Crippen LogP contribution in [0.25, 0.3) is 16.8 Å². The number of hydrogen-bond acceptors (Lipinski definition) is 6. The molecule has 0 aliphatic carbocycles. The molecule has 0 atom stereocenters. The molecule has 1 heterocycles. The minimum Gasteiger partial charge on any atom is -0.508 e. The van der Waals surface area contributed by atoms with Crippen LogP contribution in [0.1, 0.15) is 15.9 Å². The fourth-order valence-electron chi connectivity index (χ4n) is 2.79. The van der Waals surface area contributed by atoms with Crippen molar-refractivity contribution in [1.29, 1.82) is 0 Å². The topological polar surface area (TPSA) is 88.9 Å². The predicted molar refractivity (Wildman–Crippen MR) is 98.0 cm³/mol. The summed E-state index contributed by atoms with van der Waals surface area (Å²) in [5.74, 6) is -0.270. The van der Waals surface area contributed by atoms with Gasteiger partial charge in [0.15, 0.2) is 17.3 Å². The van der Waals surface area contributed by atoms with E-state index < -0.39 is 5.78 Å². The van der Waals surface area contributed by atoms with Crippen molar-refractivity contribution in [1.82, 2.24) is 4.98 Å². The highest BCUT2D eigenvalue weighted by molar-refractivity contribution is 6.15. The first-order chi connectivity index (χ1) is 12.6. The summed E-state index contributed by atoms with van der Waals surface area (Å²) in [4.78, 5) is 16.8. The monoisotopic (exact) mass is 351 g/mol. The molecule has 0 amide bonds. The minimum atomic E-state index is -0.466. The van der Waals surface area contributed by atoms with Crippen LogP contribution >= 0.6 is 0 Å². The van der Waals surface area contributed by atoms with Crippen LogP contribution in [0.4, 0.5) is 0 Å². The van der Waals surface area contributed by atoms with Gasteiger partial charge in [-0.3, -0.25) is 9.78 Å². The number of rotatable bonds is 5. The lowest BCUT2D eigenvalue weighted by Gasteiger charge is -2.15. The zero-order valence-corrected chi connectivity index (χ0v) is 14.3. The lowest BCUT2D eigenvalue weighted by atomic mass is 10.0. The van der Waals surface area contributed by atoms with Gasteiger partial charge < -0.3 is 19.7 Å². The largest absolute Gasteiger partial charge is 0.508 e. The van der Waals surface area contributed by atoms with E-state index in [0.29, 0.717) is 16.3 Å². The van der Waals surface area contributed by atoms with Gasteiger partial charge in [0.25, 0.3) is 0 Å². The maximum Gasteiger partial charge on any atom is 0.193 e. The van der Waals surface area contributed by atoms with Crippen molar-refractivity contribution < 1.29 is 24.5 Å². The van der Waals surface area contributed by atoms with E-state index in [-0.39, 0.29) is 28.6 Å². The van der Waals surface area contributed by atoms with Crippen molar-refractivity contribution in [2.45, 2.75) is 0 Å². The van der Waals surface area contributed by atoms with Crippen molar-refractivity contribution in [2.24, 2.45) is 0 Å². The summed E-state index contributed by atoms with van der Waals surface area (Å²) < 4.78 is 10.7. The highest BCUT2D eigenvalue weighted by Gasteiger charge is 2.24. The first kappa shape index (κ1) is 17.3. The number of nitrogens with zero attached hydrogens (tertiary/aromatic N) is 1. The summed E-state index contributed by atoms with van der Waals surface area (Å²) in [6.45, 7) is 0. The number of benzene rings is 2. The molecule has 0 bridgehead atoms. The number of allylic oxidation sites excluding steroid dienone is 1. The van der Waals surface area contributed by atoms with Gasteiger partial charge in [-0.25, -0.2) is 0 Å². The van der Waals surface area contributed by atoms with Gasteiger partial charge in [-0.15, -0.1) is 0 Å². The van der Waals surface area contributed by atoms with Gasteiger partial charge in [0.2, 0.25) is 0 Å². The third-order valence-corrected chi connectivity index (χ3v) is 3.94. The van der Waals surface area contributed by atoms with Crippen LogP contribution in [0.15, 0.2) is 48.8 Å². The number of carbonyl (C=O) groups is 1. The number of methoxy groups -OCH3 is 2. The number of aromatic hydroxyl groups is 2. The standard InChI is InChI=1S/C20H17NO5/c1-25-19-15-11-21-9-8-14(15)20(26-2)18(24)17(19)16(23)7-6-12-4-3-5-13(22)10-12/h3-11,22,24H,1-2H3. The van der Waals surface area contributed by atoms with Crippen molar-refractivity contribution in [3.05, 3.63) is 59.9 Å². The van der Waals surface area contributed by atoms with Gasteiger partial charge in [-0.05, 0) is 29.8 Å². The molecule has 6 nitrogen and oxygen atoms in total. The Balaban J connectivity index is 2.14. The van der Waals surface area contributed by atoms with E-state index in [1.165, 1.54) is 32.4 Å². The molecule has 2 N–H and O–H groups in total. The minimum absolute atomic E-state index is 0.0127. The van der Waals surface area contributed by atoms with Crippen molar-refractivity contribution in [3.8, 4) is 23.0 Å². The van der Waals surface area contributed by atoms with E-state index in [1.54, 1.807) is 36.7 Å². The Morgan fingerprint density at radius 2 is 1.85 bits per heavy atom. The number of pyridine rings is 1. The number of ether oxygens (including phenoxy) is 2. The molecule has 0 saturated heterocycles. The van der Waals surface area contributed by atoms with Gasteiger partial charge >= 0.3 is 0 Å². The smallest absolute Gasteiger partial charge is 0.193 e. The van der Waals surface area contributed by atoms with Crippen LogP contribution in [0.2, 0.25) is 0 Å². The summed E-state index contributed by atoms with van der Waals surface area (Å²) in [7, 11) is 2.83. The summed E-state index contributed by atoms with van der Waals surface area (Å²) in [5, 5.41) is 21.2. The van der Waals surface area contributed by atoms with Gasteiger partial charge in [0, 0.05) is 23.2 Å². The second-order valence-corrected chi connectivity index (χ2v) is 5.50. The molecule has 3 aromatic rings. The fourth-order valence-corrected chi connectivity index (χ4v) is 2.79. The first-order valence-electron chi connectivity index (χ1n) is 7.79. The lowest BCUT2D eigenvalue weighted by molar-refractivity contribution is 0.104. The van der Waals surface area contributed by atoms with Gasteiger partial charge in [0.05, 0.1) is 14.2 Å². The van der Waals surface area contributed by atoms with Crippen LogP contribution in [-0.2, 0) is 0 Å². The lowest BCUT2D eigenvalue weighted by Crippen LogP contribution is -2.03. The molecular weight excluding hydrogens is 334 g/mol. The average molecular weight is 351 g/mol. The Morgan fingerprint density at radius 1 is 1.08 bits per heavy atom. The quantitative estimate of drug-likeness (QED) is 0.540. The van der Waals surface area contributed by atoms with E-state index >= 15 is 0 Å².